The standard InChI is InChI=1S/C24H23N5O/c1-25-22-14-6-11-19(28-22)24(20-12-7-15-23(26-2)29-20)18-10-5-9-17(27-18)16-8-3-4-13-21(16)30/h3-15,24,30H,1-2H3,(H,25,28)(H,26,29). The van der Waals surface area contributed by atoms with Gasteiger partial charge in [-0.3, -0.25) is 4.98 Å². The Morgan fingerprint density at radius 1 is 0.633 bits per heavy atom. The lowest BCUT2D eigenvalue weighted by molar-refractivity contribution is 0.477. The second-order valence-electron chi connectivity index (χ2n) is 6.79. The molecule has 150 valence electrons. The van der Waals surface area contributed by atoms with E-state index < -0.39 is 0 Å². The smallest absolute Gasteiger partial charge is 0.125 e. The molecule has 3 heterocycles. The molecule has 4 rings (SSSR count). The maximum atomic E-state index is 10.3. The average molecular weight is 397 g/mol. The summed E-state index contributed by atoms with van der Waals surface area (Å²) >= 11 is 0. The zero-order chi connectivity index (χ0) is 20.9. The lowest BCUT2D eigenvalue weighted by Gasteiger charge is -2.18. The summed E-state index contributed by atoms with van der Waals surface area (Å²) in [5.41, 5.74) is 3.86. The van der Waals surface area contributed by atoms with Crippen LogP contribution in [0, 0.1) is 0 Å². The maximum absolute atomic E-state index is 10.3. The molecule has 1 aromatic carbocycles. The Balaban J connectivity index is 1.88. The van der Waals surface area contributed by atoms with Crippen molar-refractivity contribution in [1.82, 2.24) is 15.0 Å². The first-order valence-electron chi connectivity index (χ1n) is 9.74. The van der Waals surface area contributed by atoms with Crippen LogP contribution in [-0.4, -0.2) is 34.2 Å². The third-order valence-corrected chi connectivity index (χ3v) is 4.89. The van der Waals surface area contributed by atoms with E-state index in [2.05, 4.69) is 10.6 Å². The molecule has 0 aliphatic heterocycles. The summed E-state index contributed by atoms with van der Waals surface area (Å²) in [4.78, 5) is 14.4. The van der Waals surface area contributed by atoms with Crippen molar-refractivity contribution in [2.45, 2.75) is 5.92 Å². The van der Waals surface area contributed by atoms with Gasteiger partial charge in [0.1, 0.15) is 17.4 Å². The number of nitrogens with zero attached hydrogens (tertiary/aromatic N) is 3. The van der Waals surface area contributed by atoms with E-state index in [1.165, 1.54) is 0 Å². The van der Waals surface area contributed by atoms with Crippen LogP contribution in [0.2, 0.25) is 0 Å². The number of aromatic hydroxyl groups is 1. The molecule has 0 spiro atoms. The number of para-hydroxylation sites is 1. The number of nitrogens with one attached hydrogen (secondary N) is 2. The first kappa shape index (κ1) is 19.4. The summed E-state index contributed by atoms with van der Waals surface area (Å²) < 4.78 is 0. The average Bonchev–Trinajstić information content (AvgIpc) is 2.80. The number of phenols is 1. The number of hydrogen-bond donors (Lipinski definition) is 3. The van der Waals surface area contributed by atoms with Gasteiger partial charge < -0.3 is 15.7 Å². The van der Waals surface area contributed by atoms with Crippen LogP contribution in [0.5, 0.6) is 5.75 Å². The van der Waals surface area contributed by atoms with Crippen LogP contribution in [-0.2, 0) is 0 Å². The lowest BCUT2D eigenvalue weighted by atomic mass is 9.94. The summed E-state index contributed by atoms with van der Waals surface area (Å²) in [7, 11) is 3.69. The van der Waals surface area contributed by atoms with Gasteiger partial charge in [-0.1, -0.05) is 30.3 Å². The molecule has 0 radical (unpaired) electrons. The van der Waals surface area contributed by atoms with E-state index in [0.29, 0.717) is 11.3 Å². The van der Waals surface area contributed by atoms with Crippen molar-refractivity contribution in [2.24, 2.45) is 0 Å². The van der Waals surface area contributed by atoms with Gasteiger partial charge in [0.05, 0.1) is 28.7 Å². The van der Waals surface area contributed by atoms with Gasteiger partial charge in [0.2, 0.25) is 0 Å². The number of benzene rings is 1. The number of anilines is 2. The molecule has 4 aromatic rings. The van der Waals surface area contributed by atoms with E-state index in [1.54, 1.807) is 12.1 Å². The van der Waals surface area contributed by atoms with E-state index in [1.807, 2.05) is 80.8 Å². The fourth-order valence-electron chi connectivity index (χ4n) is 3.41. The Hall–Kier alpha value is -3.93. The first-order valence-corrected chi connectivity index (χ1v) is 9.74. The molecule has 0 bridgehead atoms. The molecular weight excluding hydrogens is 374 g/mol. The SMILES string of the molecule is CNc1cccc(C(c2cccc(NC)n2)c2cccc(-c3ccccc3O)n2)n1. The quantitative estimate of drug-likeness (QED) is 0.444. The summed E-state index contributed by atoms with van der Waals surface area (Å²) in [6, 6.07) is 24.7. The Kier molecular flexibility index (Phi) is 5.57. The molecule has 30 heavy (non-hydrogen) atoms. The Morgan fingerprint density at radius 2 is 1.17 bits per heavy atom. The molecule has 0 saturated heterocycles. The topological polar surface area (TPSA) is 83.0 Å². The molecule has 0 fully saturated rings. The van der Waals surface area contributed by atoms with Crippen LogP contribution in [0.15, 0.2) is 78.9 Å². The first-order chi connectivity index (χ1) is 14.7. The Morgan fingerprint density at radius 3 is 1.73 bits per heavy atom. The van der Waals surface area contributed by atoms with Gasteiger partial charge in [-0.05, 0) is 48.5 Å². The molecule has 0 amide bonds. The molecule has 0 unspecified atom stereocenters. The Labute approximate surface area is 175 Å². The lowest BCUT2D eigenvalue weighted by Crippen LogP contribution is -2.11. The van der Waals surface area contributed by atoms with E-state index in [4.69, 9.17) is 15.0 Å². The van der Waals surface area contributed by atoms with Crippen molar-refractivity contribution < 1.29 is 5.11 Å². The normalized spacial score (nSPS) is 10.8. The van der Waals surface area contributed by atoms with Gasteiger partial charge >= 0.3 is 0 Å². The van der Waals surface area contributed by atoms with Crippen molar-refractivity contribution in [3.63, 3.8) is 0 Å². The fourth-order valence-corrected chi connectivity index (χ4v) is 3.41. The van der Waals surface area contributed by atoms with Crippen molar-refractivity contribution in [2.75, 3.05) is 24.7 Å². The van der Waals surface area contributed by atoms with Gasteiger partial charge in [-0.15, -0.1) is 0 Å². The molecule has 3 N–H and O–H groups in total. The van der Waals surface area contributed by atoms with E-state index >= 15 is 0 Å². The minimum absolute atomic E-state index is 0.198. The van der Waals surface area contributed by atoms with Crippen molar-refractivity contribution >= 4 is 11.6 Å². The highest BCUT2D eigenvalue weighted by Crippen LogP contribution is 2.33. The number of aromatic nitrogens is 3. The monoisotopic (exact) mass is 397 g/mol. The zero-order valence-corrected chi connectivity index (χ0v) is 16.9. The third-order valence-electron chi connectivity index (χ3n) is 4.89. The summed E-state index contributed by atoms with van der Waals surface area (Å²) in [5, 5.41) is 16.5. The third kappa shape index (κ3) is 3.93. The van der Waals surface area contributed by atoms with Gasteiger partial charge in [-0.25, -0.2) is 9.97 Å². The fraction of sp³-hybridized carbons (Fsp3) is 0.125. The van der Waals surface area contributed by atoms with Crippen LogP contribution in [0.25, 0.3) is 11.3 Å². The Bertz CT molecular complexity index is 1110. The van der Waals surface area contributed by atoms with Crippen LogP contribution in [0.3, 0.4) is 0 Å². The predicted molar refractivity (Wildman–Crippen MR) is 120 cm³/mol. The van der Waals surface area contributed by atoms with Crippen LogP contribution < -0.4 is 10.6 Å². The van der Waals surface area contributed by atoms with E-state index in [9.17, 15) is 5.11 Å². The van der Waals surface area contributed by atoms with Gasteiger partial charge in [0.25, 0.3) is 0 Å². The second-order valence-corrected chi connectivity index (χ2v) is 6.79. The number of rotatable bonds is 6. The molecule has 6 nitrogen and oxygen atoms in total. The highest BCUT2D eigenvalue weighted by atomic mass is 16.3. The van der Waals surface area contributed by atoms with Crippen LogP contribution in [0.4, 0.5) is 11.6 Å². The zero-order valence-electron chi connectivity index (χ0n) is 16.9. The number of phenolic OH excluding ortho intramolecular Hbond substituents is 1. The van der Waals surface area contributed by atoms with E-state index in [0.717, 1.165) is 28.7 Å². The van der Waals surface area contributed by atoms with Gasteiger partial charge in [-0.2, -0.15) is 0 Å². The van der Waals surface area contributed by atoms with Gasteiger partial charge in [0.15, 0.2) is 0 Å². The molecule has 3 aromatic heterocycles. The minimum atomic E-state index is -0.266. The predicted octanol–water partition coefficient (Wildman–Crippen LogP) is 4.51. The second kappa shape index (κ2) is 8.61. The number of hydrogen-bond acceptors (Lipinski definition) is 6. The summed E-state index contributed by atoms with van der Waals surface area (Å²) in [6.45, 7) is 0. The molecule has 0 atom stereocenters. The minimum Gasteiger partial charge on any atom is -0.507 e. The summed E-state index contributed by atoms with van der Waals surface area (Å²) in [5.74, 6) is 1.49. The molecule has 0 aliphatic rings. The van der Waals surface area contributed by atoms with E-state index in [-0.39, 0.29) is 11.7 Å². The van der Waals surface area contributed by atoms with Crippen molar-refractivity contribution in [1.29, 1.82) is 0 Å². The van der Waals surface area contributed by atoms with Crippen molar-refractivity contribution in [3.05, 3.63) is 95.9 Å². The maximum Gasteiger partial charge on any atom is 0.125 e. The van der Waals surface area contributed by atoms with Crippen LogP contribution >= 0.6 is 0 Å². The molecular formula is C24H23N5O. The highest BCUT2D eigenvalue weighted by Gasteiger charge is 2.22. The molecule has 0 aliphatic carbocycles. The largest absolute Gasteiger partial charge is 0.507 e. The highest BCUT2D eigenvalue weighted by molar-refractivity contribution is 5.66. The van der Waals surface area contributed by atoms with Gasteiger partial charge in [0, 0.05) is 19.7 Å². The molecule has 6 heteroatoms. The van der Waals surface area contributed by atoms with Crippen LogP contribution in [0.1, 0.15) is 23.0 Å². The number of pyridine rings is 3. The molecule has 0 saturated carbocycles. The van der Waals surface area contributed by atoms with Crippen molar-refractivity contribution in [3.8, 4) is 17.0 Å². The summed E-state index contributed by atoms with van der Waals surface area (Å²) in [6.07, 6.45) is 0.